The van der Waals surface area contributed by atoms with Crippen molar-refractivity contribution in [3.63, 3.8) is 0 Å². The van der Waals surface area contributed by atoms with Crippen LogP contribution in [0.2, 0.25) is 0 Å². The lowest BCUT2D eigenvalue weighted by Gasteiger charge is -2.40. The van der Waals surface area contributed by atoms with Crippen molar-refractivity contribution in [1.82, 2.24) is 5.32 Å². The summed E-state index contributed by atoms with van der Waals surface area (Å²) in [7, 11) is 0. The first-order chi connectivity index (χ1) is 8.08. The van der Waals surface area contributed by atoms with Crippen molar-refractivity contribution in [2.24, 2.45) is 11.8 Å². The van der Waals surface area contributed by atoms with Gasteiger partial charge in [-0.15, -0.1) is 0 Å². The normalized spacial score (nSPS) is 25.7. The monoisotopic (exact) mass is 235 g/mol. The Morgan fingerprint density at radius 2 is 1.82 bits per heavy atom. The third-order valence-electron chi connectivity index (χ3n) is 3.97. The molecule has 1 aromatic rings. The van der Waals surface area contributed by atoms with Crippen molar-refractivity contribution >= 4 is 0 Å². The Morgan fingerprint density at radius 3 is 2.41 bits per heavy atom. The minimum absolute atomic E-state index is 0.104. The Kier molecular flexibility index (Phi) is 3.82. The van der Waals surface area contributed by atoms with Crippen LogP contribution in [0.4, 0.5) is 4.39 Å². The van der Waals surface area contributed by atoms with Crippen LogP contribution in [-0.4, -0.2) is 6.04 Å². The Bertz CT molecular complexity index is 369. The molecule has 0 aromatic heterocycles. The number of hydrogen-bond donors (Lipinski definition) is 1. The molecule has 1 aliphatic carbocycles. The van der Waals surface area contributed by atoms with Gasteiger partial charge in [0.05, 0.1) is 0 Å². The van der Waals surface area contributed by atoms with E-state index in [2.05, 4.69) is 19.2 Å². The summed E-state index contributed by atoms with van der Waals surface area (Å²) in [5, 5.41) is 3.52. The number of nitrogens with one attached hydrogen (secondary N) is 1. The van der Waals surface area contributed by atoms with Crippen LogP contribution in [0, 0.1) is 17.7 Å². The minimum atomic E-state index is -0.104. The molecule has 0 spiro atoms. The van der Waals surface area contributed by atoms with Gasteiger partial charge in [0.15, 0.2) is 0 Å². The first-order valence-corrected chi connectivity index (χ1v) is 6.58. The van der Waals surface area contributed by atoms with Crippen LogP contribution in [0.25, 0.3) is 0 Å². The van der Waals surface area contributed by atoms with Crippen LogP contribution < -0.4 is 5.32 Å². The average Bonchev–Trinajstić information content (AvgIpc) is 2.22. The van der Waals surface area contributed by atoms with Gasteiger partial charge in [-0.3, -0.25) is 0 Å². The molecular weight excluding hydrogens is 213 g/mol. The zero-order valence-electron chi connectivity index (χ0n) is 10.9. The van der Waals surface area contributed by atoms with Gasteiger partial charge in [0.1, 0.15) is 5.82 Å². The fourth-order valence-corrected chi connectivity index (χ4v) is 2.61. The van der Waals surface area contributed by atoms with E-state index in [9.17, 15) is 4.39 Å². The highest BCUT2D eigenvalue weighted by atomic mass is 19.1. The van der Waals surface area contributed by atoms with Crippen LogP contribution in [-0.2, 0) is 0 Å². The van der Waals surface area contributed by atoms with Crippen LogP contribution >= 0.6 is 0 Å². The zero-order valence-corrected chi connectivity index (χ0v) is 10.9. The molecule has 2 rings (SSSR count). The second-order valence-electron chi connectivity index (χ2n) is 5.58. The molecule has 0 heterocycles. The summed E-state index contributed by atoms with van der Waals surface area (Å²) in [6.07, 6.45) is 2.47. The van der Waals surface area contributed by atoms with Gasteiger partial charge in [0, 0.05) is 17.6 Å². The predicted molar refractivity (Wildman–Crippen MR) is 69.3 cm³/mol. The third kappa shape index (κ3) is 2.86. The largest absolute Gasteiger partial charge is 0.307 e. The van der Waals surface area contributed by atoms with E-state index in [0.717, 1.165) is 17.4 Å². The molecule has 0 amide bonds. The van der Waals surface area contributed by atoms with Gasteiger partial charge in [0.2, 0.25) is 0 Å². The highest BCUT2D eigenvalue weighted by molar-refractivity contribution is 5.20. The molecule has 0 radical (unpaired) electrons. The van der Waals surface area contributed by atoms with Crippen LogP contribution in [0.3, 0.4) is 0 Å². The SMILES string of the molecule is CC(C)C1CC(N[C@H](C)c2ccccc2F)C1. The molecule has 1 saturated carbocycles. The van der Waals surface area contributed by atoms with E-state index in [1.54, 1.807) is 6.07 Å². The Hall–Kier alpha value is -0.890. The second-order valence-corrected chi connectivity index (χ2v) is 5.58. The molecule has 1 N–H and O–H groups in total. The molecule has 1 nitrogen and oxygen atoms in total. The first-order valence-electron chi connectivity index (χ1n) is 6.58. The number of hydrogen-bond acceptors (Lipinski definition) is 1. The summed E-state index contributed by atoms with van der Waals surface area (Å²) in [4.78, 5) is 0. The van der Waals surface area contributed by atoms with Crippen molar-refractivity contribution in [3.05, 3.63) is 35.6 Å². The molecule has 17 heavy (non-hydrogen) atoms. The van der Waals surface area contributed by atoms with Crippen LogP contribution in [0.1, 0.15) is 45.2 Å². The lowest BCUT2D eigenvalue weighted by Crippen LogP contribution is -2.44. The smallest absolute Gasteiger partial charge is 0.127 e. The molecular formula is C15H22FN. The van der Waals surface area contributed by atoms with Gasteiger partial charge in [-0.25, -0.2) is 4.39 Å². The van der Waals surface area contributed by atoms with Crippen molar-refractivity contribution in [2.45, 2.75) is 45.7 Å². The van der Waals surface area contributed by atoms with E-state index in [1.165, 1.54) is 18.9 Å². The molecule has 1 aliphatic rings. The van der Waals surface area contributed by atoms with Crippen molar-refractivity contribution in [1.29, 1.82) is 0 Å². The standard InChI is InChI=1S/C15H22FN/c1-10(2)12-8-13(9-12)17-11(3)14-6-4-5-7-15(14)16/h4-7,10-13,17H,8-9H2,1-3H3/t11-,12?,13?/m1/s1. The molecule has 0 bridgehead atoms. The number of halogens is 1. The Balaban J connectivity index is 1.87. The number of benzene rings is 1. The van der Waals surface area contributed by atoms with E-state index in [1.807, 2.05) is 19.1 Å². The third-order valence-corrected chi connectivity index (χ3v) is 3.97. The molecule has 0 aliphatic heterocycles. The zero-order chi connectivity index (χ0) is 12.4. The maximum atomic E-state index is 13.6. The number of rotatable bonds is 4. The van der Waals surface area contributed by atoms with Gasteiger partial charge in [-0.1, -0.05) is 32.0 Å². The molecule has 1 fully saturated rings. The van der Waals surface area contributed by atoms with Crippen LogP contribution in [0.5, 0.6) is 0 Å². The molecule has 2 heteroatoms. The summed E-state index contributed by atoms with van der Waals surface area (Å²) < 4.78 is 13.6. The summed E-state index contributed by atoms with van der Waals surface area (Å²) in [5.74, 6) is 1.52. The highest BCUT2D eigenvalue weighted by Gasteiger charge is 2.32. The highest BCUT2D eigenvalue weighted by Crippen LogP contribution is 2.35. The van der Waals surface area contributed by atoms with Crippen LogP contribution in [0.15, 0.2) is 24.3 Å². The molecule has 1 atom stereocenters. The molecule has 1 aromatic carbocycles. The first kappa shape index (κ1) is 12.6. The van der Waals surface area contributed by atoms with E-state index in [0.29, 0.717) is 6.04 Å². The summed E-state index contributed by atoms with van der Waals surface area (Å²) in [6, 6.07) is 7.71. The fourth-order valence-electron chi connectivity index (χ4n) is 2.61. The van der Waals surface area contributed by atoms with E-state index in [-0.39, 0.29) is 11.9 Å². The van der Waals surface area contributed by atoms with Gasteiger partial charge in [-0.2, -0.15) is 0 Å². The van der Waals surface area contributed by atoms with Gasteiger partial charge in [-0.05, 0) is 37.7 Å². The van der Waals surface area contributed by atoms with Crippen molar-refractivity contribution in [3.8, 4) is 0 Å². The molecule has 0 saturated heterocycles. The summed E-state index contributed by atoms with van der Waals surface area (Å²) in [5.41, 5.74) is 0.778. The van der Waals surface area contributed by atoms with Gasteiger partial charge in [0.25, 0.3) is 0 Å². The van der Waals surface area contributed by atoms with E-state index >= 15 is 0 Å². The molecule has 0 unspecified atom stereocenters. The summed E-state index contributed by atoms with van der Waals surface area (Å²) in [6.45, 7) is 6.60. The summed E-state index contributed by atoms with van der Waals surface area (Å²) >= 11 is 0. The lowest BCUT2D eigenvalue weighted by molar-refractivity contribution is 0.159. The van der Waals surface area contributed by atoms with Crippen molar-refractivity contribution < 1.29 is 4.39 Å². The van der Waals surface area contributed by atoms with Gasteiger partial charge >= 0.3 is 0 Å². The maximum absolute atomic E-state index is 13.6. The van der Waals surface area contributed by atoms with E-state index in [4.69, 9.17) is 0 Å². The topological polar surface area (TPSA) is 12.0 Å². The average molecular weight is 235 g/mol. The predicted octanol–water partition coefficient (Wildman–Crippen LogP) is 3.91. The van der Waals surface area contributed by atoms with E-state index < -0.39 is 0 Å². The van der Waals surface area contributed by atoms with Crippen molar-refractivity contribution in [2.75, 3.05) is 0 Å². The Labute approximate surface area is 103 Å². The quantitative estimate of drug-likeness (QED) is 0.834. The molecule has 94 valence electrons. The minimum Gasteiger partial charge on any atom is -0.307 e. The maximum Gasteiger partial charge on any atom is 0.127 e. The fraction of sp³-hybridized carbons (Fsp3) is 0.600. The van der Waals surface area contributed by atoms with Gasteiger partial charge < -0.3 is 5.32 Å². The second kappa shape index (κ2) is 5.18. The Morgan fingerprint density at radius 1 is 1.18 bits per heavy atom. The lowest BCUT2D eigenvalue weighted by atomic mass is 9.73.